The van der Waals surface area contributed by atoms with Gasteiger partial charge in [-0.2, -0.15) is 0 Å². The Labute approximate surface area is 124 Å². The van der Waals surface area contributed by atoms with Crippen LogP contribution in [0.3, 0.4) is 0 Å². The predicted octanol–water partition coefficient (Wildman–Crippen LogP) is 2.61. The number of ether oxygens (including phenoxy) is 2. The molecule has 0 bridgehead atoms. The zero-order valence-electron chi connectivity index (χ0n) is 12.8. The maximum absolute atomic E-state index is 13.5. The minimum Gasteiger partial charge on any atom is -0.494 e. The predicted molar refractivity (Wildman–Crippen MR) is 77.6 cm³/mol. The molecule has 2 rings (SSSR count). The van der Waals surface area contributed by atoms with Crippen LogP contribution in [0.2, 0.25) is 0 Å². The van der Waals surface area contributed by atoms with Crippen molar-refractivity contribution >= 4 is 5.91 Å². The van der Waals surface area contributed by atoms with E-state index < -0.39 is 0 Å². The highest BCUT2D eigenvalue weighted by Crippen LogP contribution is 2.20. The van der Waals surface area contributed by atoms with Gasteiger partial charge in [0.2, 0.25) is 5.91 Å². The molecule has 5 heteroatoms. The number of nitrogens with zero attached hydrogens (tertiary/aromatic N) is 1. The lowest BCUT2D eigenvalue weighted by Gasteiger charge is -2.39. The van der Waals surface area contributed by atoms with Crippen molar-refractivity contribution in [2.75, 3.05) is 20.2 Å². The Kier molecular flexibility index (Phi) is 5.17. The maximum atomic E-state index is 13.5. The number of methoxy groups -OCH3 is 1. The minimum absolute atomic E-state index is 0.0475. The first-order chi connectivity index (χ1) is 9.99. The molecule has 1 aliphatic rings. The summed E-state index contributed by atoms with van der Waals surface area (Å²) in [6, 6.07) is 4.79. The van der Waals surface area contributed by atoms with E-state index in [1.165, 1.54) is 13.2 Å². The fraction of sp³-hybridized carbons (Fsp3) is 0.562. The molecule has 0 aromatic heterocycles. The van der Waals surface area contributed by atoms with Gasteiger partial charge in [0.1, 0.15) is 0 Å². The van der Waals surface area contributed by atoms with Crippen LogP contribution in [0.5, 0.6) is 5.75 Å². The van der Waals surface area contributed by atoms with Crippen LogP contribution in [0.25, 0.3) is 0 Å². The van der Waals surface area contributed by atoms with Crippen molar-refractivity contribution in [1.29, 1.82) is 0 Å². The number of carbonyl (C=O) groups is 1. The van der Waals surface area contributed by atoms with Crippen LogP contribution in [-0.4, -0.2) is 37.1 Å². The smallest absolute Gasteiger partial charge is 0.223 e. The number of hydrogen-bond acceptors (Lipinski definition) is 3. The Morgan fingerprint density at radius 3 is 2.71 bits per heavy atom. The summed E-state index contributed by atoms with van der Waals surface area (Å²) in [5, 5.41) is 0. The van der Waals surface area contributed by atoms with Crippen molar-refractivity contribution in [3.8, 4) is 5.75 Å². The second kappa shape index (κ2) is 6.89. The molecule has 4 nitrogen and oxygen atoms in total. The van der Waals surface area contributed by atoms with Gasteiger partial charge in [-0.1, -0.05) is 19.9 Å². The van der Waals surface area contributed by atoms with E-state index in [9.17, 15) is 9.18 Å². The number of carbonyl (C=O) groups excluding carboxylic acids is 1. The van der Waals surface area contributed by atoms with Crippen molar-refractivity contribution in [1.82, 2.24) is 4.90 Å². The van der Waals surface area contributed by atoms with Gasteiger partial charge < -0.3 is 14.4 Å². The van der Waals surface area contributed by atoms with Gasteiger partial charge in [-0.3, -0.25) is 4.79 Å². The summed E-state index contributed by atoms with van der Waals surface area (Å²) in [7, 11) is 1.44. The van der Waals surface area contributed by atoms with Crippen molar-refractivity contribution in [2.45, 2.75) is 33.0 Å². The average Bonchev–Trinajstić information content (AvgIpc) is 2.36. The molecular weight excluding hydrogens is 273 g/mol. The van der Waals surface area contributed by atoms with Crippen molar-refractivity contribution in [2.24, 2.45) is 5.92 Å². The van der Waals surface area contributed by atoms with E-state index in [1.54, 1.807) is 17.0 Å². The van der Waals surface area contributed by atoms with Crippen LogP contribution in [0, 0.1) is 11.7 Å². The quantitative estimate of drug-likeness (QED) is 0.810. The first-order valence-electron chi connectivity index (χ1n) is 7.21. The Balaban J connectivity index is 1.74. The molecule has 1 aromatic carbocycles. The fourth-order valence-corrected chi connectivity index (χ4v) is 2.24. The molecule has 0 aliphatic carbocycles. The number of halogens is 1. The highest BCUT2D eigenvalue weighted by Gasteiger charge is 2.31. The molecule has 1 aromatic rings. The minimum atomic E-state index is -0.388. The first-order valence-corrected chi connectivity index (χ1v) is 7.21. The molecule has 116 valence electrons. The van der Waals surface area contributed by atoms with Crippen molar-refractivity contribution < 1.29 is 18.7 Å². The number of benzene rings is 1. The van der Waals surface area contributed by atoms with Gasteiger partial charge in [0, 0.05) is 19.5 Å². The lowest BCUT2D eigenvalue weighted by molar-refractivity contribution is -0.146. The molecule has 0 atom stereocenters. The SMILES string of the molecule is COc1ccc(COC2CN(C(=O)CC(C)C)C2)cc1F. The van der Waals surface area contributed by atoms with Gasteiger partial charge in [-0.25, -0.2) is 4.39 Å². The molecule has 0 unspecified atom stereocenters. The summed E-state index contributed by atoms with van der Waals surface area (Å²) in [5.74, 6) is 0.397. The third-order valence-corrected chi connectivity index (χ3v) is 3.49. The number of hydrogen-bond donors (Lipinski definition) is 0. The molecule has 1 saturated heterocycles. The Hall–Kier alpha value is -1.62. The van der Waals surface area contributed by atoms with E-state index >= 15 is 0 Å². The Morgan fingerprint density at radius 1 is 1.43 bits per heavy atom. The molecule has 1 fully saturated rings. The van der Waals surface area contributed by atoms with Gasteiger partial charge in [-0.15, -0.1) is 0 Å². The van der Waals surface area contributed by atoms with Crippen molar-refractivity contribution in [3.63, 3.8) is 0 Å². The van der Waals surface area contributed by atoms with Crippen molar-refractivity contribution in [3.05, 3.63) is 29.6 Å². The van der Waals surface area contributed by atoms with Gasteiger partial charge in [0.05, 0.1) is 19.8 Å². The van der Waals surface area contributed by atoms with E-state index in [2.05, 4.69) is 0 Å². The second-order valence-corrected chi connectivity index (χ2v) is 5.80. The molecule has 0 spiro atoms. The van der Waals surface area contributed by atoms with E-state index in [1.807, 2.05) is 13.8 Å². The summed E-state index contributed by atoms with van der Waals surface area (Å²) >= 11 is 0. The summed E-state index contributed by atoms with van der Waals surface area (Å²) in [6.45, 7) is 5.67. The second-order valence-electron chi connectivity index (χ2n) is 5.80. The Morgan fingerprint density at radius 2 is 2.14 bits per heavy atom. The summed E-state index contributed by atoms with van der Waals surface area (Å²) in [6.07, 6.45) is 0.627. The van der Waals surface area contributed by atoms with Crippen LogP contribution in [0.1, 0.15) is 25.8 Å². The maximum Gasteiger partial charge on any atom is 0.223 e. The monoisotopic (exact) mass is 295 g/mol. The Bertz CT molecular complexity index is 498. The van der Waals surface area contributed by atoms with Crippen LogP contribution in [0.15, 0.2) is 18.2 Å². The summed E-state index contributed by atoms with van der Waals surface area (Å²) in [5.41, 5.74) is 0.764. The van der Waals surface area contributed by atoms with Crippen LogP contribution in [-0.2, 0) is 16.1 Å². The summed E-state index contributed by atoms with van der Waals surface area (Å²) < 4.78 is 24.1. The standard InChI is InChI=1S/C16H22FNO3/c1-11(2)6-16(19)18-8-13(9-18)21-10-12-4-5-15(20-3)14(17)7-12/h4-5,7,11,13H,6,8-10H2,1-3H3. The average molecular weight is 295 g/mol. The molecule has 1 heterocycles. The highest BCUT2D eigenvalue weighted by atomic mass is 19.1. The van der Waals surface area contributed by atoms with E-state index in [-0.39, 0.29) is 23.6 Å². The number of rotatable bonds is 6. The van der Waals surface area contributed by atoms with Gasteiger partial charge in [0.15, 0.2) is 11.6 Å². The highest BCUT2D eigenvalue weighted by molar-refractivity contribution is 5.77. The van der Waals surface area contributed by atoms with Gasteiger partial charge >= 0.3 is 0 Å². The normalized spacial score (nSPS) is 15.2. The van der Waals surface area contributed by atoms with E-state index in [4.69, 9.17) is 9.47 Å². The van der Waals surface area contributed by atoms with E-state index in [0.29, 0.717) is 32.0 Å². The van der Waals surface area contributed by atoms with Gasteiger partial charge in [0.25, 0.3) is 0 Å². The first kappa shape index (κ1) is 15.8. The lowest BCUT2D eigenvalue weighted by atomic mass is 10.1. The molecule has 21 heavy (non-hydrogen) atoms. The number of amides is 1. The van der Waals surface area contributed by atoms with Crippen LogP contribution >= 0.6 is 0 Å². The largest absolute Gasteiger partial charge is 0.494 e. The van der Waals surface area contributed by atoms with Gasteiger partial charge in [-0.05, 0) is 23.6 Å². The molecule has 0 N–H and O–H groups in total. The fourth-order valence-electron chi connectivity index (χ4n) is 2.24. The molecule has 1 amide bonds. The molecule has 1 aliphatic heterocycles. The molecule has 0 radical (unpaired) electrons. The molecular formula is C16H22FNO3. The molecule has 0 saturated carbocycles. The number of likely N-dealkylation sites (tertiary alicyclic amines) is 1. The third kappa shape index (κ3) is 4.17. The topological polar surface area (TPSA) is 38.8 Å². The zero-order chi connectivity index (χ0) is 15.4. The summed E-state index contributed by atoms with van der Waals surface area (Å²) in [4.78, 5) is 13.6. The lowest BCUT2D eigenvalue weighted by Crippen LogP contribution is -2.54. The zero-order valence-corrected chi connectivity index (χ0v) is 12.8. The van der Waals surface area contributed by atoms with Crippen LogP contribution < -0.4 is 4.74 Å². The van der Waals surface area contributed by atoms with Crippen LogP contribution in [0.4, 0.5) is 4.39 Å². The van der Waals surface area contributed by atoms with E-state index in [0.717, 1.165) is 5.56 Å². The third-order valence-electron chi connectivity index (χ3n) is 3.49.